The third-order valence-corrected chi connectivity index (χ3v) is 5.23. The van der Waals surface area contributed by atoms with E-state index in [-0.39, 0.29) is 6.54 Å². The van der Waals surface area contributed by atoms with Crippen molar-refractivity contribution in [1.29, 1.82) is 0 Å². The van der Waals surface area contributed by atoms with Gasteiger partial charge in [0.2, 0.25) is 10.0 Å². The quantitative estimate of drug-likeness (QED) is 0.876. The summed E-state index contributed by atoms with van der Waals surface area (Å²) in [7, 11) is -2.52. The van der Waals surface area contributed by atoms with Gasteiger partial charge in [0.15, 0.2) is 4.75 Å². The molecule has 0 aliphatic carbocycles. The molecule has 1 aromatic rings. The van der Waals surface area contributed by atoms with Gasteiger partial charge in [-0.05, 0) is 19.4 Å². The van der Waals surface area contributed by atoms with Crippen LogP contribution in [0.4, 0.5) is 0 Å². The van der Waals surface area contributed by atoms with Crippen molar-refractivity contribution in [1.82, 2.24) is 4.31 Å². The lowest BCUT2D eigenvalue weighted by Gasteiger charge is -2.26. The lowest BCUT2D eigenvalue weighted by atomic mass is 10.2. The summed E-state index contributed by atoms with van der Waals surface area (Å²) in [6, 6.07) is 9.02. The Morgan fingerprint density at radius 2 is 1.78 bits per heavy atom. The van der Waals surface area contributed by atoms with Crippen molar-refractivity contribution in [2.24, 2.45) is 0 Å². The number of hydrogen-bond acceptors (Lipinski definition) is 3. The average Bonchev–Trinajstić information content (AvgIpc) is 2.29. The first-order valence-electron chi connectivity index (χ1n) is 5.43. The van der Waals surface area contributed by atoms with Crippen molar-refractivity contribution >= 4 is 16.0 Å². The highest BCUT2D eigenvalue weighted by Crippen LogP contribution is 2.21. The van der Waals surface area contributed by atoms with Crippen LogP contribution in [0.1, 0.15) is 19.4 Å². The Morgan fingerprint density at radius 3 is 2.22 bits per heavy atom. The minimum Gasteiger partial charge on any atom is -0.480 e. The second kappa shape index (κ2) is 5.07. The molecule has 0 aliphatic rings. The monoisotopic (exact) mass is 271 g/mol. The predicted octanol–water partition coefficient (Wildman–Crippen LogP) is 1.31. The maximum atomic E-state index is 12.1. The molecule has 0 bridgehead atoms. The molecule has 18 heavy (non-hydrogen) atoms. The van der Waals surface area contributed by atoms with Crippen LogP contribution in [-0.4, -0.2) is 35.6 Å². The average molecular weight is 271 g/mol. The molecule has 0 aliphatic heterocycles. The SMILES string of the molecule is CN(Cc1ccccc1)S(=O)(=O)C(C)(C)C(=O)O. The van der Waals surface area contributed by atoms with Gasteiger partial charge in [-0.15, -0.1) is 0 Å². The molecule has 0 saturated heterocycles. The van der Waals surface area contributed by atoms with Crippen LogP contribution in [0.3, 0.4) is 0 Å². The maximum absolute atomic E-state index is 12.1. The van der Waals surface area contributed by atoms with E-state index in [0.29, 0.717) is 0 Å². The number of carbonyl (C=O) groups is 1. The zero-order valence-corrected chi connectivity index (χ0v) is 11.4. The van der Waals surface area contributed by atoms with Crippen molar-refractivity contribution in [3.05, 3.63) is 35.9 Å². The largest absolute Gasteiger partial charge is 0.480 e. The van der Waals surface area contributed by atoms with Gasteiger partial charge >= 0.3 is 5.97 Å². The number of nitrogens with zero attached hydrogens (tertiary/aromatic N) is 1. The van der Waals surface area contributed by atoms with Gasteiger partial charge in [0.1, 0.15) is 0 Å². The number of carboxylic acids is 1. The Bertz CT molecular complexity index is 522. The minimum atomic E-state index is -3.90. The Morgan fingerprint density at radius 1 is 1.28 bits per heavy atom. The molecule has 0 unspecified atom stereocenters. The lowest BCUT2D eigenvalue weighted by molar-refractivity contribution is -0.139. The standard InChI is InChI=1S/C12H17NO4S/c1-12(2,11(14)15)18(16,17)13(3)9-10-7-5-4-6-8-10/h4-8H,9H2,1-3H3,(H,14,15). The number of hydrogen-bond donors (Lipinski definition) is 1. The van der Waals surface area contributed by atoms with Gasteiger partial charge in [-0.2, -0.15) is 4.31 Å². The van der Waals surface area contributed by atoms with Gasteiger partial charge in [-0.3, -0.25) is 4.79 Å². The molecular weight excluding hydrogens is 254 g/mol. The molecule has 0 atom stereocenters. The second-order valence-corrected chi connectivity index (χ2v) is 7.16. The fourth-order valence-corrected chi connectivity index (χ4v) is 2.74. The Balaban J connectivity index is 2.97. The fourth-order valence-electron chi connectivity index (χ4n) is 1.43. The van der Waals surface area contributed by atoms with Gasteiger partial charge in [-0.25, -0.2) is 8.42 Å². The van der Waals surface area contributed by atoms with Crippen LogP contribution in [0.15, 0.2) is 30.3 Å². The van der Waals surface area contributed by atoms with E-state index >= 15 is 0 Å². The van der Waals surface area contributed by atoms with Crippen molar-refractivity contribution in [3.8, 4) is 0 Å². The van der Waals surface area contributed by atoms with Gasteiger partial charge in [0.25, 0.3) is 0 Å². The van der Waals surface area contributed by atoms with Crippen molar-refractivity contribution < 1.29 is 18.3 Å². The van der Waals surface area contributed by atoms with Gasteiger partial charge < -0.3 is 5.11 Å². The topological polar surface area (TPSA) is 74.7 Å². The molecule has 0 heterocycles. The Labute approximate surface area is 107 Å². The first kappa shape index (κ1) is 14.7. The van der Waals surface area contributed by atoms with Crippen LogP contribution >= 0.6 is 0 Å². The molecule has 1 N–H and O–H groups in total. The molecule has 1 aromatic carbocycles. The number of benzene rings is 1. The van der Waals surface area contributed by atoms with Crippen LogP contribution in [0.25, 0.3) is 0 Å². The van der Waals surface area contributed by atoms with Crippen molar-refractivity contribution in [3.63, 3.8) is 0 Å². The predicted molar refractivity (Wildman–Crippen MR) is 68.5 cm³/mol. The van der Waals surface area contributed by atoms with Gasteiger partial charge in [0, 0.05) is 13.6 Å². The molecule has 0 aromatic heterocycles. The summed E-state index contributed by atoms with van der Waals surface area (Å²) in [5.41, 5.74) is 0.810. The highest BCUT2D eigenvalue weighted by atomic mass is 32.2. The summed E-state index contributed by atoms with van der Waals surface area (Å²) in [5.74, 6) is -1.36. The number of rotatable bonds is 5. The van der Waals surface area contributed by atoms with Crippen molar-refractivity contribution in [2.75, 3.05) is 7.05 Å². The summed E-state index contributed by atoms with van der Waals surface area (Å²) in [5, 5.41) is 8.99. The summed E-state index contributed by atoms with van der Waals surface area (Å²) < 4.78 is 23.5. The van der Waals surface area contributed by atoms with E-state index in [1.54, 1.807) is 24.3 Å². The summed E-state index contributed by atoms with van der Waals surface area (Å²) >= 11 is 0. The van der Waals surface area contributed by atoms with Crippen LogP contribution < -0.4 is 0 Å². The highest BCUT2D eigenvalue weighted by Gasteiger charge is 2.44. The zero-order valence-electron chi connectivity index (χ0n) is 10.6. The van der Waals surface area contributed by atoms with E-state index in [1.165, 1.54) is 20.9 Å². The van der Waals surface area contributed by atoms with Crippen LogP contribution in [0, 0.1) is 0 Å². The molecule has 6 heteroatoms. The van der Waals surface area contributed by atoms with E-state index in [0.717, 1.165) is 9.87 Å². The number of sulfonamides is 1. The van der Waals surface area contributed by atoms with Crippen LogP contribution in [0.5, 0.6) is 0 Å². The molecule has 1 rings (SSSR count). The molecule has 0 spiro atoms. The third-order valence-electron chi connectivity index (χ3n) is 2.82. The van der Waals surface area contributed by atoms with E-state index in [2.05, 4.69) is 0 Å². The summed E-state index contributed by atoms with van der Waals surface area (Å²) in [6.07, 6.45) is 0. The van der Waals surface area contributed by atoms with E-state index in [9.17, 15) is 13.2 Å². The second-order valence-electron chi connectivity index (χ2n) is 4.56. The van der Waals surface area contributed by atoms with E-state index < -0.39 is 20.7 Å². The normalized spacial score (nSPS) is 12.7. The van der Waals surface area contributed by atoms with E-state index in [4.69, 9.17) is 5.11 Å². The van der Waals surface area contributed by atoms with Crippen LogP contribution in [-0.2, 0) is 21.4 Å². The Kier molecular flexibility index (Phi) is 4.13. The molecule has 5 nitrogen and oxygen atoms in total. The third kappa shape index (κ3) is 2.70. The molecule has 0 fully saturated rings. The molecule has 0 saturated carbocycles. The first-order valence-corrected chi connectivity index (χ1v) is 6.87. The molecule has 0 amide bonds. The molecular formula is C12H17NO4S. The minimum absolute atomic E-state index is 0.153. The van der Waals surface area contributed by atoms with Gasteiger partial charge in [0.05, 0.1) is 0 Å². The maximum Gasteiger partial charge on any atom is 0.325 e. The molecule has 100 valence electrons. The lowest BCUT2D eigenvalue weighted by Crippen LogP contribution is -2.47. The van der Waals surface area contributed by atoms with E-state index in [1.807, 2.05) is 6.07 Å². The Hall–Kier alpha value is -1.40. The first-order chi connectivity index (χ1) is 8.19. The van der Waals surface area contributed by atoms with Crippen molar-refractivity contribution in [2.45, 2.75) is 25.1 Å². The highest BCUT2D eigenvalue weighted by molar-refractivity contribution is 7.91. The molecule has 0 radical (unpaired) electrons. The summed E-state index contributed by atoms with van der Waals surface area (Å²) in [6.45, 7) is 2.53. The van der Waals surface area contributed by atoms with Crippen LogP contribution in [0.2, 0.25) is 0 Å². The smallest absolute Gasteiger partial charge is 0.325 e. The van der Waals surface area contributed by atoms with Gasteiger partial charge in [-0.1, -0.05) is 30.3 Å². The summed E-state index contributed by atoms with van der Waals surface area (Å²) in [4.78, 5) is 11.0. The number of carboxylic acid groups (broad SMARTS) is 1. The zero-order chi connectivity index (χ0) is 14.0. The fraction of sp³-hybridized carbons (Fsp3) is 0.417. The number of aliphatic carboxylic acids is 1.